The van der Waals surface area contributed by atoms with Crippen molar-refractivity contribution in [1.29, 1.82) is 0 Å². The summed E-state index contributed by atoms with van der Waals surface area (Å²) in [5.41, 5.74) is 5.73. The van der Waals surface area contributed by atoms with Crippen molar-refractivity contribution in [2.24, 2.45) is 5.92 Å². The lowest BCUT2D eigenvalue weighted by molar-refractivity contribution is 0.0522. The molecule has 2 rings (SSSR count). The summed E-state index contributed by atoms with van der Waals surface area (Å²) in [7, 11) is 0. The average molecular weight is 266 g/mol. The third-order valence-corrected chi connectivity index (χ3v) is 3.79. The highest BCUT2D eigenvalue weighted by atomic mass is 19.1. The van der Waals surface area contributed by atoms with E-state index in [1.54, 1.807) is 17.9 Å². The Morgan fingerprint density at radius 2 is 2.11 bits per heavy atom. The lowest BCUT2D eigenvalue weighted by Crippen LogP contribution is -2.41. The number of amides is 1. The third-order valence-electron chi connectivity index (χ3n) is 3.79. The molecule has 1 amide bonds. The van der Waals surface area contributed by atoms with Crippen molar-refractivity contribution in [2.45, 2.75) is 25.9 Å². The molecular formula is C14H19FN2O2. The number of anilines is 1. The Balaban J connectivity index is 2.07. The van der Waals surface area contributed by atoms with Gasteiger partial charge in [-0.05, 0) is 37.8 Å². The SMILES string of the molecule is CC(O)C1CCN(C(=O)c2cccc(F)c2N)CC1. The highest BCUT2D eigenvalue weighted by molar-refractivity contribution is 5.99. The Bertz CT molecular complexity index is 469. The zero-order valence-corrected chi connectivity index (χ0v) is 11.0. The van der Waals surface area contributed by atoms with E-state index in [0.29, 0.717) is 13.1 Å². The number of benzene rings is 1. The summed E-state index contributed by atoms with van der Waals surface area (Å²) in [5, 5.41) is 9.53. The van der Waals surface area contributed by atoms with Crippen LogP contribution in [0.15, 0.2) is 18.2 Å². The highest BCUT2D eigenvalue weighted by Gasteiger charge is 2.27. The van der Waals surface area contributed by atoms with E-state index in [1.165, 1.54) is 12.1 Å². The van der Waals surface area contributed by atoms with Crippen molar-refractivity contribution < 1.29 is 14.3 Å². The minimum atomic E-state index is -0.565. The van der Waals surface area contributed by atoms with Crippen molar-refractivity contribution in [3.8, 4) is 0 Å². The Labute approximate surface area is 112 Å². The number of likely N-dealkylation sites (tertiary alicyclic amines) is 1. The molecule has 1 saturated heterocycles. The van der Waals surface area contributed by atoms with Crippen molar-refractivity contribution in [2.75, 3.05) is 18.8 Å². The van der Waals surface area contributed by atoms with Gasteiger partial charge in [0.15, 0.2) is 0 Å². The maximum absolute atomic E-state index is 13.3. The first-order chi connectivity index (χ1) is 9.00. The van der Waals surface area contributed by atoms with Gasteiger partial charge in [0.1, 0.15) is 5.82 Å². The number of hydrogen-bond acceptors (Lipinski definition) is 3. The number of aliphatic hydroxyl groups excluding tert-OH is 1. The molecule has 4 nitrogen and oxygen atoms in total. The minimum Gasteiger partial charge on any atom is -0.396 e. The summed E-state index contributed by atoms with van der Waals surface area (Å²) < 4.78 is 13.3. The van der Waals surface area contributed by atoms with Crippen molar-refractivity contribution in [1.82, 2.24) is 4.90 Å². The van der Waals surface area contributed by atoms with Crippen LogP contribution in [0.25, 0.3) is 0 Å². The number of piperidine rings is 1. The number of nitrogen functional groups attached to an aromatic ring is 1. The summed E-state index contributed by atoms with van der Waals surface area (Å²) in [5.74, 6) is -0.570. The predicted octanol–water partition coefficient (Wildman–Crippen LogP) is 1.64. The van der Waals surface area contributed by atoms with E-state index in [4.69, 9.17) is 5.73 Å². The smallest absolute Gasteiger partial charge is 0.256 e. The fraction of sp³-hybridized carbons (Fsp3) is 0.500. The third kappa shape index (κ3) is 2.87. The van der Waals surface area contributed by atoms with E-state index < -0.39 is 5.82 Å². The molecule has 19 heavy (non-hydrogen) atoms. The molecule has 1 aromatic carbocycles. The predicted molar refractivity (Wildman–Crippen MR) is 71.1 cm³/mol. The maximum atomic E-state index is 13.3. The monoisotopic (exact) mass is 266 g/mol. The summed E-state index contributed by atoms with van der Waals surface area (Å²) in [4.78, 5) is 13.9. The van der Waals surface area contributed by atoms with Crippen LogP contribution in [0.3, 0.4) is 0 Å². The fourth-order valence-corrected chi connectivity index (χ4v) is 2.48. The largest absolute Gasteiger partial charge is 0.396 e. The number of nitrogens with zero attached hydrogens (tertiary/aromatic N) is 1. The first-order valence-corrected chi connectivity index (χ1v) is 6.52. The van der Waals surface area contributed by atoms with Gasteiger partial charge in [0.05, 0.1) is 17.4 Å². The number of hydrogen-bond donors (Lipinski definition) is 2. The number of para-hydroxylation sites is 1. The second-order valence-electron chi connectivity index (χ2n) is 5.07. The molecule has 0 bridgehead atoms. The Morgan fingerprint density at radius 3 is 2.68 bits per heavy atom. The van der Waals surface area contributed by atoms with Gasteiger partial charge in [-0.2, -0.15) is 0 Å². The molecular weight excluding hydrogens is 247 g/mol. The molecule has 1 heterocycles. The molecule has 3 N–H and O–H groups in total. The van der Waals surface area contributed by atoms with Gasteiger partial charge < -0.3 is 15.7 Å². The van der Waals surface area contributed by atoms with Crippen LogP contribution in [-0.4, -0.2) is 35.1 Å². The molecule has 1 fully saturated rings. The van der Waals surface area contributed by atoms with Crippen LogP contribution >= 0.6 is 0 Å². The average Bonchev–Trinajstić information content (AvgIpc) is 2.41. The molecule has 0 spiro atoms. The number of carbonyl (C=O) groups excluding carboxylic acids is 1. The zero-order valence-electron chi connectivity index (χ0n) is 11.0. The fourth-order valence-electron chi connectivity index (χ4n) is 2.48. The van der Waals surface area contributed by atoms with Crippen molar-refractivity contribution >= 4 is 11.6 Å². The Hall–Kier alpha value is -1.62. The highest BCUT2D eigenvalue weighted by Crippen LogP contribution is 2.24. The van der Waals surface area contributed by atoms with Gasteiger partial charge in [0.25, 0.3) is 5.91 Å². The summed E-state index contributed by atoms with van der Waals surface area (Å²) in [6.45, 7) is 2.92. The molecule has 5 heteroatoms. The second kappa shape index (κ2) is 5.57. The molecule has 1 aliphatic rings. The van der Waals surface area contributed by atoms with Gasteiger partial charge in [0.2, 0.25) is 0 Å². The lowest BCUT2D eigenvalue weighted by Gasteiger charge is -2.33. The summed E-state index contributed by atoms with van der Waals surface area (Å²) in [6.07, 6.45) is 1.17. The minimum absolute atomic E-state index is 0.0925. The molecule has 1 atom stereocenters. The number of aliphatic hydroxyl groups is 1. The molecule has 1 aromatic rings. The van der Waals surface area contributed by atoms with Crippen molar-refractivity contribution in [3.63, 3.8) is 0 Å². The van der Waals surface area contributed by atoms with E-state index in [9.17, 15) is 14.3 Å². The molecule has 1 aliphatic heterocycles. The Morgan fingerprint density at radius 1 is 1.47 bits per heavy atom. The van der Waals surface area contributed by atoms with Gasteiger partial charge in [-0.15, -0.1) is 0 Å². The first-order valence-electron chi connectivity index (χ1n) is 6.52. The summed E-state index contributed by atoms with van der Waals surface area (Å²) in [6, 6.07) is 4.27. The van der Waals surface area contributed by atoms with Crippen LogP contribution < -0.4 is 5.73 Å². The number of rotatable bonds is 2. The van der Waals surface area contributed by atoms with Crippen LogP contribution in [0, 0.1) is 11.7 Å². The summed E-state index contributed by atoms with van der Waals surface area (Å²) >= 11 is 0. The van der Waals surface area contributed by atoms with Gasteiger partial charge >= 0.3 is 0 Å². The maximum Gasteiger partial charge on any atom is 0.256 e. The van der Waals surface area contributed by atoms with Crippen LogP contribution in [0.4, 0.5) is 10.1 Å². The first kappa shape index (κ1) is 13.8. The van der Waals surface area contributed by atoms with Crippen LogP contribution in [0.2, 0.25) is 0 Å². The molecule has 0 aromatic heterocycles. The second-order valence-corrected chi connectivity index (χ2v) is 5.07. The normalized spacial score (nSPS) is 18.4. The lowest BCUT2D eigenvalue weighted by atomic mass is 9.92. The molecule has 0 radical (unpaired) electrons. The number of halogens is 1. The van der Waals surface area contributed by atoms with E-state index in [2.05, 4.69) is 0 Å². The van der Waals surface area contributed by atoms with Gasteiger partial charge in [0, 0.05) is 13.1 Å². The van der Waals surface area contributed by atoms with E-state index >= 15 is 0 Å². The van der Waals surface area contributed by atoms with Crippen LogP contribution in [0.1, 0.15) is 30.1 Å². The molecule has 104 valence electrons. The van der Waals surface area contributed by atoms with Gasteiger partial charge in [-0.1, -0.05) is 6.07 Å². The Kier molecular flexibility index (Phi) is 4.04. The molecule has 0 aliphatic carbocycles. The topological polar surface area (TPSA) is 66.6 Å². The van der Waals surface area contributed by atoms with Gasteiger partial charge in [-0.3, -0.25) is 4.79 Å². The van der Waals surface area contributed by atoms with Crippen LogP contribution in [-0.2, 0) is 0 Å². The number of nitrogens with two attached hydrogens (primary N) is 1. The molecule has 0 saturated carbocycles. The van der Waals surface area contributed by atoms with E-state index in [-0.39, 0.29) is 29.2 Å². The van der Waals surface area contributed by atoms with E-state index in [1.807, 2.05) is 0 Å². The van der Waals surface area contributed by atoms with E-state index in [0.717, 1.165) is 12.8 Å². The number of carbonyl (C=O) groups is 1. The van der Waals surface area contributed by atoms with Crippen molar-refractivity contribution in [3.05, 3.63) is 29.6 Å². The molecule has 1 unspecified atom stereocenters. The van der Waals surface area contributed by atoms with Crippen LogP contribution in [0.5, 0.6) is 0 Å². The van der Waals surface area contributed by atoms with Gasteiger partial charge in [-0.25, -0.2) is 4.39 Å². The standard InChI is InChI=1S/C14H19FN2O2/c1-9(18)10-5-7-17(8-6-10)14(19)11-3-2-4-12(15)13(11)16/h2-4,9-10,18H,5-8,16H2,1H3. The zero-order chi connectivity index (χ0) is 14.0. The quantitative estimate of drug-likeness (QED) is 0.800.